The Morgan fingerprint density at radius 1 is 1.32 bits per heavy atom. The zero-order chi connectivity index (χ0) is 13.2. The van der Waals surface area contributed by atoms with Gasteiger partial charge in [-0.2, -0.15) is 10.4 Å². The van der Waals surface area contributed by atoms with Crippen LogP contribution >= 0.6 is 0 Å². The second kappa shape index (κ2) is 4.73. The van der Waals surface area contributed by atoms with Crippen molar-refractivity contribution in [2.24, 2.45) is 0 Å². The van der Waals surface area contributed by atoms with Crippen LogP contribution in [0.4, 0.5) is 4.39 Å². The summed E-state index contributed by atoms with van der Waals surface area (Å²) < 4.78 is 21.3. The summed E-state index contributed by atoms with van der Waals surface area (Å²) in [6, 6.07) is 6.56. The first-order chi connectivity index (χ1) is 9.31. The van der Waals surface area contributed by atoms with Crippen molar-refractivity contribution in [3.8, 4) is 23.1 Å². The lowest BCUT2D eigenvalue weighted by Gasteiger charge is -2.12. The number of benzene rings is 1. The van der Waals surface area contributed by atoms with Crippen molar-refractivity contribution >= 4 is 0 Å². The van der Waals surface area contributed by atoms with E-state index in [4.69, 9.17) is 4.74 Å². The first kappa shape index (κ1) is 11.7. The summed E-state index contributed by atoms with van der Waals surface area (Å²) in [6.45, 7) is 1.31. The van der Waals surface area contributed by atoms with Crippen molar-refractivity contribution < 1.29 is 9.13 Å². The van der Waals surface area contributed by atoms with Crippen LogP contribution in [0, 0.1) is 17.1 Å². The van der Waals surface area contributed by atoms with E-state index in [9.17, 15) is 9.65 Å². The quantitative estimate of drug-likeness (QED) is 0.729. The summed E-state index contributed by atoms with van der Waals surface area (Å²) in [4.78, 5) is 0. The van der Waals surface area contributed by atoms with E-state index in [2.05, 4.69) is 5.10 Å². The van der Waals surface area contributed by atoms with Crippen LogP contribution in [-0.4, -0.2) is 16.4 Å². The number of aromatic nitrogens is 2. The number of aryl methyl sites for hydroxylation is 1. The topological polar surface area (TPSA) is 50.8 Å². The Hall–Kier alpha value is -2.35. The van der Waals surface area contributed by atoms with E-state index in [0.29, 0.717) is 17.9 Å². The van der Waals surface area contributed by atoms with Gasteiger partial charge in [0.05, 0.1) is 17.9 Å². The lowest BCUT2D eigenvalue weighted by Crippen LogP contribution is -2.03. The lowest BCUT2D eigenvalue weighted by atomic mass is 10.0. The molecule has 19 heavy (non-hydrogen) atoms. The van der Waals surface area contributed by atoms with Crippen molar-refractivity contribution in [3.05, 3.63) is 35.8 Å². The number of hydrogen-bond acceptors (Lipinski definition) is 3. The highest BCUT2D eigenvalue weighted by Gasteiger charge is 2.20. The first-order valence-corrected chi connectivity index (χ1v) is 6.19. The predicted molar refractivity (Wildman–Crippen MR) is 67.1 cm³/mol. The van der Waals surface area contributed by atoms with E-state index in [-0.39, 0.29) is 5.56 Å². The van der Waals surface area contributed by atoms with Crippen LogP contribution in [-0.2, 0) is 6.54 Å². The van der Waals surface area contributed by atoms with Gasteiger partial charge in [0, 0.05) is 12.7 Å². The summed E-state index contributed by atoms with van der Waals surface area (Å²) in [5.41, 5.74) is 1.25. The van der Waals surface area contributed by atoms with Gasteiger partial charge in [0.1, 0.15) is 23.2 Å². The Bertz CT molecular complexity index is 657. The van der Waals surface area contributed by atoms with Gasteiger partial charge in [-0.25, -0.2) is 4.39 Å². The van der Waals surface area contributed by atoms with Crippen molar-refractivity contribution in [1.82, 2.24) is 9.78 Å². The molecule has 0 saturated heterocycles. The molecule has 1 aliphatic heterocycles. The number of rotatable bonds is 0. The fourth-order valence-electron chi connectivity index (χ4n) is 2.31. The summed E-state index contributed by atoms with van der Waals surface area (Å²) in [5.74, 6) is 0.0125. The van der Waals surface area contributed by atoms with Crippen molar-refractivity contribution in [2.45, 2.75) is 19.4 Å². The van der Waals surface area contributed by atoms with E-state index in [0.717, 1.165) is 25.1 Å². The molecule has 96 valence electrons. The molecule has 3 rings (SSSR count). The van der Waals surface area contributed by atoms with Crippen molar-refractivity contribution in [3.63, 3.8) is 0 Å². The van der Waals surface area contributed by atoms with E-state index >= 15 is 0 Å². The van der Waals surface area contributed by atoms with Crippen molar-refractivity contribution in [2.75, 3.05) is 6.61 Å². The van der Waals surface area contributed by atoms with Gasteiger partial charge in [0.15, 0.2) is 0 Å². The molecule has 4 nitrogen and oxygen atoms in total. The maximum absolute atomic E-state index is 13.8. The largest absolute Gasteiger partial charge is 0.493 e. The van der Waals surface area contributed by atoms with Gasteiger partial charge >= 0.3 is 0 Å². The van der Waals surface area contributed by atoms with Crippen LogP contribution < -0.4 is 4.74 Å². The Balaban J connectivity index is 2.29. The smallest absolute Gasteiger partial charge is 0.141 e. The molecule has 0 fully saturated rings. The molecular formula is C14H12FN3O. The molecule has 1 aliphatic rings. The lowest BCUT2D eigenvalue weighted by molar-refractivity contribution is 0.306. The monoisotopic (exact) mass is 257 g/mol. The fraction of sp³-hybridized carbons (Fsp3) is 0.286. The molecule has 5 heteroatoms. The Labute approximate surface area is 110 Å². The molecule has 0 spiro atoms. The second-order valence-corrected chi connectivity index (χ2v) is 4.40. The number of fused-ring (bicyclic) bond motifs is 3. The van der Waals surface area contributed by atoms with Crippen LogP contribution in [0.1, 0.15) is 18.4 Å². The molecule has 0 N–H and O–H groups in total. The molecule has 0 atom stereocenters. The molecule has 2 heterocycles. The van der Waals surface area contributed by atoms with Gasteiger partial charge in [0.2, 0.25) is 0 Å². The highest BCUT2D eigenvalue weighted by molar-refractivity contribution is 5.74. The Morgan fingerprint density at radius 3 is 3.05 bits per heavy atom. The molecule has 1 aromatic carbocycles. The minimum atomic E-state index is -0.531. The van der Waals surface area contributed by atoms with Gasteiger partial charge < -0.3 is 4.74 Å². The highest BCUT2D eigenvalue weighted by atomic mass is 19.1. The summed E-state index contributed by atoms with van der Waals surface area (Å²) in [7, 11) is 0. The maximum atomic E-state index is 13.8. The first-order valence-electron chi connectivity index (χ1n) is 6.19. The summed E-state index contributed by atoms with van der Waals surface area (Å²) in [6.07, 6.45) is 3.50. The summed E-state index contributed by atoms with van der Waals surface area (Å²) in [5, 5.41) is 13.4. The van der Waals surface area contributed by atoms with E-state index in [1.165, 1.54) is 6.07 Å². The number of nitriles is 1. The molecule has 0 radical (unpaired) electrons. The minimum Gasteiger partial charge on any atom is -0.493 e. The Kier molecular flexibility index (Phi) is 2.92. The third kappa shape index (κ3) is 1.95. The molecule has 0 saturated carbocycles. The molecule has 0 unspecified atom stereocenters. The fourth-order valence-corrected chi connectivity index (χ4v) is 2.31. The third-order valence-electron chi connectivity index (χ3n) is 3.22. The third-order valence-corrected chi connectivity index (χ3v) is 3.22. The molecule has 0 amide bonds. The van der Waals surface area contributed by atoms with Gasteiger partial charge in [0.25, 0.3) is 0 Å². The normalized spacial score (nSPS) is 14.1. The number of halogens is 1. The average molecular weight is 257 g/mol. The maximum Gasteiger partial charge on any atom is 0.141 e. The molecule has 0 aliphatic carbocycles. The van der Waals surface area contributed by atoms with Crippen LogP contribution in [0.2, 0.25) is 0 Å². The van der Waals surface area contributed by atoms with Crippen LogP contribution in [0.3, 0.4) is 0 Å². The van der Waals surface area contributed by atoms with Crippen LogP contribution in [0.25, 0.3) is 11.3 Å². The zero-order valence-corrected chi connectivity index (χ0v) is 10.3. The van der Waals surface area contributed by atoms with E-state index in [1.807, 2.05) is 6.07 Å². The molecular weight excluding hydrogens is 245 g/mol. The number of hydrogen-bond donors (Lipinski definition) is 0. The van der Waals surface area contributed by atoms with Gasteiger partial charge in [-0.05, 0) is 31.0 Å². The number of nitrogens with zero attached hydrogens (tertiary/aromatic N) is 3. The standard InChI is InChI=1S/C14H12FN3O/c15-11-3-4-13-14(10(11)9-16)12-5-6-17-18(12)7-1-2-8-19-13/h3-6H,1-2,7-8H2. The van der Waals surface area contributed by atoms with Crippen LogP contribution in [0.15, 0.2) is 24.4 Å². The van der Waals surface area contributed by atoms with Gasteiger partial charge in [-0.1, -0.05) is 0 Å². The molecule has 2 aromatic rings. The van der Waals surface area contributed by atoms with E-state index in [1.54, 1.807) is 23.0 Å². The van der Waals surface area contributed by atoms with Gasteiger partial charge in [-0.15, -0.1) is 0 Å². The SMILES string of the molecule is N#Cc1c(F)ccc2c1-c1ccnn1CCCCO2. The Morgan fingerprint density at radius 2 is 2.21 bits per heavy atom. The van der Waals surface area contributed by atoms with Crippen molar-refractivity contribution in [1.29, 1.82) is 5.26 Å². The zero-order valence-electron chi connectivity index (χ0n) is 10.3. The predicted octanol–water partition coefficient (Wildman–Crippen LogP) is 2.73. The van der Waals surface area contributed by atoms with E-state index < -0.39 is 5.82 Å². The molecule has 0 bridgehead atoms. The minimum absolute atomic E-state index is 0.0150. The molecule has 1 aromatic heterocycles. The van der Waals surface area contributed by atoms with Gasteiger partial charge in [-0.3, -0.25) is 4.68 Å². The summed E-state index contributed by atoms with van der Waals surface area (Å²) >= 11 is 0. The second-order valence-electron chi connectivity index (χ2n) is 4.40. The average Bonchev–Trinajstić information content (AvgIpc) is 2.88. The highest BCUT2D eigenvalue weighted by Crippen LogP contribution is 2.35. The number of ether oxygens (including phenoxy) is 1. The van der Waals surface area contributed by atoms with Crippen LogP contribution in [0.5, 0.6) is 5.75 Å².